The van der Waals surface area contributed by atoms with E-state index >= 15 is 0 Å². The number of hydrogen-bond acceptors (Lipinski definition) is 3. The van der Waals surface area contributed by atoms with Crippen molar-refractivity contribution in [3.8, 4) is 5.75 Å². The largest absolute Gasteiger partial charge is 0.495 e. The van der Waals surface area contributed by atoms with Crippen molar-refractivity contribution in [3.63, 3.8) is 0 Å². The average Bonchev–Trinajstić information content (AvgIpc) is 2.33. The Morgan fingerprint density at radius 2 is 2.11 bits per heavy atom. The summed E-state index contributed by atoms with van der Waals surface area (Å²) in [6.45, 7) is 3.38. The Bertz CT molecular complexity index is 427. The van der Waals surface area contributed by atoms with Gasteiger partial charge >= 0.3 is 0 Å². The first-order chi connectivity index (χ1) is 8.58. The summed E-state index contributed by atoms with van der Waals surface area (Å²) in [5.41, 5.74) is 1.07. The standard InChI is InChI=1S/C12H17Br2NO2S/c1-3-18(16)5-4-15-8-9-6-10(13)7-11(14)12(9)17-2/h6-7,15H,3-5,8H2,1-2H3. The summed E-state index contributed by atoms with van der Waals surface area (Å²) in [4.78, 5) is 0. The number of benzene rings is 1. The van der Waals surface area contributed by atoms with Crippen molar-refractivity contribution < 1.29 is 8.95 Å². The third-order valence-corrected chi connectivity index (χ3v) is 4.78. The van der Waals surface area contributed by atoms with Crippen LogP contribution in [0.2, 0.25) is 0 Å². The lowest BCUT2D eigenvalue weighted by atomic mass is 10.2. The van der Waals surface area contributed by atoms with Gasteiger partial charge in [0.25, 0.3) is 0 Å². The maximum atomic E-state index is 11.3. The van der Waals surface area contributed by atoms with E-state index in [1.165, 1.54) is 0 Å². The molecule has 0 heterocycles. The molecule has 1 aromatic rings. The van der Waals surface area contributed by atoms with Crippen LogP contribution in [0.1, 0.15) is 12.5 Å². The molecule has 0 saturated heterocycles. The van der Waals surface area contributed by atoms with Gasteiger partial charge in [0, 0.05) is 45.4 Å². The molecule has 0 amide bonds. The van der Waals surface area contributed by atoms with Crippen LogP contribution in [0, 0.1) is 0 Å². The summed E-state index contributed by atoms with van der Waals surface area (Å²) in [6.07, 6.45) is 0. The fourth-order valence-corrected chi connectivity index (χ4v) is 3.66. The molecule has 18 heavy (non-hydrogen) atoms. The van der Waals surface area contributed by atoms with Gasteiger partial charge in [0.15, 0.2) is 0 Å². The molecular weight excluding hydrogens is 382 g/mol. The van der Waals surface area contributed by atoms with Crippen LogP contribution in [0.4, 0.5) is 0 Å². The van der Waals surface area contributed by atoms with Gasteiger partial charge in [-0.15, -0.1) is 0 Å². The van der Waals surface area contributed by atoms with Crippen molar-refractivity contribution in [1.29, 1.82) is 0 Å². The Kier molecular flexibility index (Phi) is 7.44. The molecule has 0 fully saturated rings. The molecule has 0 aliphatic carbocycles. The topological polar surface area (TPSA) is 38.3 Å². The summed E-state index contributed by atoms with van der Waals surface area (Å²) in [5, 5.41) is 3.28. The van der Waals surface area contributed by atoms with Crippen molar-refractivity contribution in [2.45, 2.75) is 13.5 Å². The molecule has 0 bridgehead atoms. The second-order valence-corrected chi connectivity index (χ2v) is 7.32. The van der Waals surface area contributed by atoms with E-state index in [4.69, 9.17) is 4.74 Å². The van der Waals surface area contributed by atoms with Crippen molar-refractivity contribution in [1.82, 2.24) is 5.32 Å². The van der Waals surface area contributed by atoms with Crippen molar-refractivity contribution in [2.75, 3.05) is 25.2 Å². The Morgan fingerprint density at radius 3 is 2.72 bits per heavy atom. The minimum atomic E-state index is -0.713. The Hall–Kier alpha value is 0.0900. The van der Waals surface area contributed by atoms with Crippen LogP contribution >= 0.6 is 31.9 Å². The molecule has 0 aliphatic heterocycles. The maximum absolute atomic E-state index is 11.3. The van der Waals surface area contributed by atoms with Crippen LogP contribution < -0.4 is 10.1 Å². The van der Waals surface area contributed by atoms with Crippen molar-refractivity contribution in [2.24, 2.45) is 0 Å². The van der Waals surface area contributed by atoms with Crippen LogP contribution in [-0.4, -0.2) is 29.4 Å². The molecule has 1 atom stereocenters. The van der Waals surface area contributed by atoms with Crippen molar-refractivity contribution >= 4 is 42.7 Å². The lowest BCUT2D eigenvalue weighted by Crippen LogP contribution is -2.21. The molecule has 1 unspecified atom stereocenters. The third-order valence-electron chi connectivity index (χ3n) is 2.43. The first-order valence-corrected chi connectivity index (χ1v) is 8.73. The zero-order valence-electron chi connectivity index (χ0n) is 10.5. The molecule has 0 spiro atoms. The summed E-state index contributed by atoms with van der Waals surface area (Å²) in [6, 6.07) is 3.97. The van der Waals surface area contributed by atoms with Gasteiger partial charge in [0.2, 0.25) is 0 Å². The average molecular weight is 399 g/mol. The number of ether oxygens (including phenoxy) is 1. The van der Waals surface area contributed by atoms with Crippen molar-refractivity contribution in [3.05, 3.63) is 26.6 Å². The summed E-state index contributed by atoms with van der Waals surface area (Å²) in [5.74, 6) is 2.24. The highest BCUT2D eigenvalue weighted by Crippen LogP contribution is 2.32. The maximum Gasteiger partial charge on any atom is 0.137 e. The molecule has 1 rings (SSSR count). The minimum absolute atomic E-state index is 0.688. The van der Waals surface area contributed by atoms with Gasteiger partial charge in [-0.25, -0.2) is 0 Å². The quantitative estimate of drug-likeness (QED) is 0.717. The van der Waals surface area contributed by atoms with E-state index in [1.807, 2.05) is 19.1 Å². The first-order valence-electron chi connectivity index (χ1n) is 5.66. The number of halogens is 2. The second-order valence-electron chi connectivity index (χ2n) is 3.69. The van der Waals surface area contributed by atoms with Gasteiger partial charge in [-0.05, 0) is 28.1 Å². The van der Waals surface area contributed by atoms with Gasteiger partial charge in [-0.2, -0.15) is 0 Å². The Balaban J connectivity index is 2.58. The zero-order valence-corrected chi connectivity index (χ0v) is 14.5. The van der Waals surface area contributed by atoms with Gasteiger partial charge in [-0.1, -0.05) is 22.9 Å². The van der Waals surface area contributed by atoms with Crippen LogP contribution in [-0.2, 0) is 17.3 Å². The number of hydrogen-bond donors (Lipinski definition) is 1. The number of nitrogens with one attached hydrogen (secondary N) is 1. The fraction of sp³-hybridized carbons (Fsp3) is 0.500. The predicted octanol–water partition coefficient (Wildman–Crippen LogP) is 3.08. The van der Waals surface area contributed by atoms with Gasteiger partial charge < -0.3 is 10.1 Å². The van der Waals surface area contributed by atoms with Crippen LogP contribution in [0.3, 0.4) is 0 Å². The smallest absolute Gasteiger partial charge is 0.137 e. The lowest BCUT2D eigenvalue weighted by molar-refractivity contribution is 0.405. The Morgan fingerprint density at radius 1 is 1.39 bits per heavy atom. The summed E-state index contributed by atoms with van der Waals surface area (Å²) >= 11 is 6.93. The number of methoxy groups -OCH3 is 1. The molecule has 1 N–H and O–H groups in total. The monoisotopic (exact) mass is 397 g/mol. The second kappa shape index (κ2) is 8.30. The normalized spacial score (nSPS) is 12.4. The van der Waals surface area contributed by atoms with E-state index in [0.29, 0.717) is 18.1 Å². The fourth-order valence-electron chi connectivity index (χ4n) is 1.53. The van der Waals surface area contributed by atoms with E-state index in [2.05, 4.69) is 37.2 Å². The highest BCUT2D eigenvalue weighted by atomic mass is 79.9. The summed E-state index contributed by atoms with van der Waals surface area (Å²) in [7, 11) is 0.943. The summed E-state index contributed by atoms with van der Waals surface area (Å²) < 4.78 is 18.6. The van der Waals surface area contributed by atoms with Gasteiger partial charge in [0.05, 0.1) is 11.6 Å². The molecule has 0 radical (unpaired) electrons. The van der Waals surface area contributed by atoms with Crippen LogP contribution in [0.15, 0.2) is 21.1 Å². The molecule has 1 aromatic carbocycles. The van der Waals surface area contributed by atoms with Crippen LogP contribution in [0.5, 0.6) is 5.75 Å². The van der Waals surface area contributed by atoms with Crippen LogP contribution in [0.25, 0.3) is 0 Å². The van der Waals surface area contributed by atoms with E-state index in [0.717, 1.165) is 26.8 Å². The van der Waals surface area contributed by atoms with Gasteiger partial charge in [-0.3, -0.25) is 4.21 Å². The highest BCUT2D eigenvalue weighted by molar-refractivity contribution is 9.11. The van der Waals surface area contributed by atoms with E-state index < -0.39 is 10.8 Å². The van der Waals surface area contributed by atoms with E-state index in [-0.39, 0.29) is 0 Å². The SMILES string of the molecule is CCS(=O)CCNCc1cc(Br)cc(Br)c1OC. The van der Waals surface area contributed by atoms with E-state index in [9.17, 15) is 4.21 Å². The first kappa shape index (κ1) is 16.1. The predicted molar refractivity (Wildman–Crippen MR) is 83.7 cm³/mol. The molecular formula is C12H17Br2NO2S. The molecule has 6 heteroatoms. The zero-order chi connectivity index (χ0) is 13.5. The van der Waals surface area contributed by atoms with E-state index in [1.54, 1.807) is 7.11 Å². The highest BCUT2D eigenvalue weighted by Gasteiger charge is 2.08. The molecule has 0 aliphatic rings. The molecule has 3 nitrogen and oxygen atoms in total. The molecule has 102 valence electrons. The lowest BCUT2D eigenvalue weighted by Gasteiger charge is -2.12. The minimum Gasteiger partial charge on any atom is -0.495 e. The molecule has 0 aromatic heterocycles. The number of rotatable bonds is 7. The third kappa shape index (κ3) is 4.99. The van der Waals surface area contributed by atoms with Gasteiger partial charge in [0.1, 0.15) is 5.75 Å². The molecule has 0 saturated carbocycles. The Labute approximate surface area is 127 Å².